The third-order valence-electron chi connectivity index (χ3n) is 4.75. The molecule has 1 aromatic heterocycles. The SMILES string of the molecule is CSc1ccc(-c2noc(C3CC(=O)N(c4cccc(C(F)(F)F)c4)C3)n2)cc1. The summed E-state index contributed by atoms with van der Waals surface area (Å²) in [5, 5.41) is 3.98. The Morgan fingerprint density at radius 2 is 1.93 bits per heavy atom. The molecule has 3 aromatic rings. The van der Waals surface area contributed by atoms with Crippen molar-refractivity contribution in [1.29, 1.82) is 0 Å². The topological polar surface area (TPSA) is 59.2 Å². The van der Waals surface area contributed by atoms with Crippen molar-refractivity contribution < 1.29 is 22.5 Å². The highest BCUT2D eigenvalue weighted by atomic mass is 32.2. The van der Waals surface area contributed by atoms with Gasteiger partial charge in [-0.25, -0.2) is 0 Å². The first-order valence-electron chi connectivity index (χ1n) is 8.81. The summed E-state index contributed by atoms with van der Waals surface area (Å²) in [6.07, 6.45) is -2.39. The first-order valence-corrected chi connectivity index (χ1v) is 10.0. The van der Waals surface area contributed by atoms with E-state index in [2.05, 4.69) is 10.1 Å². The molecule has 0 saturated carbocycles. The van der Waals surface area contributed by atoms with Crippen molar-refractivity contribution in [1.82, 2.24) is 10.1 Å². The molecule has 0 aliphatic carbocycles. The van der Waals surface area contributed by atoms with E-state index in [-0.39, 0.29) is 30.5 Å². The Morgan fingerprint density at radius 3 is 2.62 bits per heavy atom. The van der Waals surface area contributed by atoms with Crippen LogP contribution in [0.25, 0.3) is 11.4 Å². The van der Waals surface area contributed by atoms with Crippen LogP contribution in [0.1, 0.15) is 23.8 Å². The van der Waals surface area contributed by atoms with Gasteiger partial charge in [-0.3, -0.25) is 4.79 Å². The van der Waals surface area contributed by atoms with Crippen LogP contribution in [0.15, 0.2) is 57.9 Å². The van der Waals surface area contributed by atoms with Crippen molar-refractivity contribution in [3.8, 4) is 11.4 Å². The zero-order chi connectivity index (χ0) is 20.6. The molecule has 5 nitrogen and oxygen atoms in total. The van der Waals surface area contributed by atoms with E-state index in [4.69, 9.17) is 4.52 Å². The van der Waals surface area contributed by atoms with Crippen molar-refractivity contribution in [2.45, 2.75) is 23.4 Å². The molecule has 1 aliphatic rings. The summed E-state index contributed by atoms with van der Waals surface area (Å²) in [6, 6.07) is 12.4. The summed E-state index contributed by atoms with van der Waals surface area (Å²) in [4.78, 5) is 19.3. The van der Waals surface area contributed by atoms with E-state index in [0.717, 1.165) is 22.6 Å². The van der Waals surface area contributed by atoms with Gasteiger partial charge in [0.05, 0.1) is 11.5 Å². The first-order chi connectivity index (χ1) is 13.8. The number of halogens is 3. The molecule has 1 saturated heterocycles. The smallest absolute Gasteiger partial charge is 0.339 e. The van der Waals surface area contributed by atoms with Gasteiger partial charge in [-0.05, 0) is 48.7 Å². The van der Waals surface area contributed by atoms with Gasteiger partial charge < -0.3 is 9.42 Å². The molecule has 4 rings (SSSR count). The monoisotopic (exact) mass is 419 g/mol. The van der Waals surface area contributed by atoms with Crippen LogP contribution >= 0.6 is 11.8 Å². The molecule has 0 bridgehead atoms. The number of aromatic nitrogens is 2. The summed E-state index contributed by atoms with van der Waals surface area (Å²) < 4.78 is 44.2. The summed E-state index contributed by atoms with van der Waals surface area (Å²) in [7, 11) is 0. The predicted octanol–water partition coefficient (Wildman–Crippen LogP) is 5.00. The van der Waals surface area contributed by atoms with Crippen LogP contribution in [-0.2, 0) is 11.0 Å². The molecule has 1 amide bonds. The Hall–Kier alpha value is -2.81. The van der Waals surface area contributed by atoms with Gasteiger partial charge in [0.25, 0.3) is 0 Å². The number of carbonyl (C=O) groups is 1. The second-order valence-corrected chi connectivity index (χ2v) is 7.52. The number of rotatable bonds is 4. The van der Waals surface area contributed by atoms with E-state index < -0.39 is 11.7 Å². The zero-order valence-corrected chi connectivity index (χ0v) is 16.1. The lowest BCUT2D eigenvalue weighted by Gasteiger charge is -2.17. The molecule has 1 fully saturated rings. The highest BCUT2D eigenvalue weighted by molar-refractivity contribution is 7.98. The van der Waals surface area contributed by atoms with Crippen molar-refractivity contribution in [2.24, 2.45) is 0 Å². The van der Waals surface area contributed by atoms with Crippen LogP contribution in [0, 0.1) is 0 Å². The van der Waals surface area contributed by atoms with E-state index in [1.807, 2.05) is 30.5 Å². The van der Waals surface area contributed by atoms with Crippen molar-refractivity contribution >= 4 is 23.4 Å². The van der Waals surface area contributed by atoms with Gasteiger partial charge in [-0.1, -0.05) is 11.2 Å². The highest BCUT2D eigenvalue weighted by Gasteiger charge is 2.37. The fourth-order valence-electron chi connectivity index (χ4n) is 3.23. The second-order valence-electron chi connectivity index (χ2n) is 6.64. The second kappa shape index (κ2) is 7.55. The van der Waals surface area contributed by atoms with E-state index in [0.29, 0.717) is 11.7 Å². The number of benzene rings is 2. The number of thioether (sulfide) groups is 1. The van der Waals surface area contributed by atoms with Crippen LogP contribution in [0.3, 0.4) is 0 Å². The minimum atomic E-state index is -4.47. The first kappa shape index (κ1) is 19.5. The Kier molecular flexibility index (Phi) is 5.08. The van der Waals surface area contributed by atoms with E-state index in [9.17, 15) is 18.0 Å². The molecule has 0 radical (unpaired) electrons. The molecule has 0 spiro atoms. The highest BCUT2D eigenvalue weighted by Crippen LogP contribution is 2.35. The van der Waals surface area contributed by atoms with Crippen molar-refractivity contribution in [3.05, 3.63) is 60.0 Å². The summed E-state index contributed by atoms with van der Waals surface area (Å²) in [5.41, 5.74) is 0.205. The Labute approximate surface area is 168 Å². The number of amides is 1. The minimum absolute atomic E-state index is 0.100. The molecule has 29 heavy (non-hydrogen) atoms. The van der Waals surface area contributed by atoms with E-state index >= 15 is 0 Å². The molecule has 9 heteroatoms. The van der Waals surface area contributed by atoms with Crippen LogP contribution in [-0.4, -0.2) is 28.8 Å². The van der Waals surface area contributed by atoms with Crippen LogP contribution < -0.4 is 4.90 Å². The number of hydrogen-bond acceptors (Lipinski definition) is 5. The molecule has 1 unspecified atom stereocenters. The Bertz CT molecular complexity index is 1030. The molecular weight excluding hydrogens is 403 g/mol. The summed E-state index contributed by atoms with van der Waals surface area (Å²) >= 11 is 1.62. The third kappa shape index (κ3) is 4.00. The standard InChI is InChI=1S/C20H16F3N3O2S/c1-29-16-7-5-12(6-8-16)18-24-19(28-25-18)13-9-17(27)26(11-13)15-4-2-3-14(10-15)20(21,22)23/h2-8,10,13H,9,11H2,1H3. The lowest BCUT2D eigenvalue weighted by atomic mass is 10.1. The van der Waals surface area contributed by atoms with Gasteiger partial charge in [0.15, 0.2) is 0 Å². The number of alkyl halides is 3. The Balaban J connectivity index is 1.53. The average Bonchev–Trinajstić information content (AvgIpc) is 3.34. The molecule has 2 aromatic carbocycles. The predicted molar refractivity (Wildman–Crippen MR) is 103 cm³/mol. The Morgan fingerprint density at radius 1 is 1.17 bits per heavy atom. The van der Waals surface area contributed by atoms with Gasteiger partial charge in [0.1, 0.15) is 0 Å². The zero-order valence-electron chi connectivity index (χ0n) is 15.3. The van der Waals surface area contributed by atoms with Crippen LogP contribution in [0.5, 0.6) is 0 Å². The normalized spacial score (nSPS) is 17.2. The third-order valence-corrected chi connectivity index (χ3v) is 5.49. The van der Waals surface area contributed by atoms with Crippen LogP contribution in [0.2, 0.25) is 0 Å². The lowest BCUT2D eigenvalue weighted by Crippen LogP contribution is -2.24. The molecular formula is C20H16F3N3O2S. The van der Waals surface area contributed by atoms with Gasteiger partial charge in [-0.15, -0.1) is 11.8 Å². The van der Waals surface area contributed by atoms with Crippen LogP contribution in [0.4, 0.5) is 18.9 Å². The largest absolute Gasteiger partial charge is 0.416 e. The molecule has 0 N–H and O–H groups in total. The fourth-order valence-corrected chi connectivity index (χ4v) is 3.64. The fraction of sp³-hybridized carbons (Fsp3) is 0.250. The quantitative estimate of drug-likeness (QED) is 0.557. The maximum absolute atomic E-state index is 13.0. The van der Waals surface area contributed by atoms with Gasteiger partial charge in [0.2, 0.25) is 17.6 Å². The molecule has 1 atom stereocenters. The summed E-state index contributed by atoms with van der Waals surface area (Å²) in [6.45, 7) is 0.188. The maximum Gasteiger partial charge on any atom is 0.416 e. The van der Waals surface area contributed by atoms with Crippen molar-refractivity contribution in [3.63, 3.8) is 0 Å². The van der Waals surface area contributed by atoms with E-state index in [1.165, 1.54) is 17.0 Å². The molecule has 2 heterocycles. The number of anilines is 1. The van der Waals surface area contributed by atoms with E-state index in [1.54, 1.807) is 11.8 Å². The maximum atomic E-state index is 13.0. The molecule has 150 valence electrons. The summed E-state index contributed by atoms with van der Waals surface area (Å²) in [5.74, 6) is 0.0663. The minimum Gasteiger partial charge on any atom is -0.339 e. The number of nitrogens with zero attached hydrogens (tertiary/aromatic N) is 3. The molecule has 1 aliphatic heterocycles. The van der Waals surface area contributed by atoms with Gasteiger partial charge in [0, 0.05) is 29.1 Å². The van der Waals surface area contributed by atoms with Gasteiger partial charge in [-0.2, -0.15) is 18.2 Å². The van der Waals surface area contributed by atoms with Crippen molar-refractivity contribution in [2.75, 3.05) is 17.7 Å². The number of carbonyl (C=O) groups excluding carboxylic acids is 1. The van der Waals surface area contributed by atoms with Gasteiger partial charge >= 0.3 is 6.18 Å². The average molecular weight is 419 g/mol. The number of hydrogen-bond donors (Lipinski definition) is 0. The lowest BCUT2D eigenvalue weighted by molar-refractivity contribution is -0.137.